The fourth-order valence-electron chi connectivity index (χ4n) is 2.58. The number of benzene rings is 1. The van der Waals surface area contributed by atoms with Crippen molar-refractivity contribution in [1.82, 2.24) is 15.1 Å². The third kappa shape index (κ3) is 5.37. The summed E-state index contributed by atoms with van der Waals surface area (Å²) in [6, 6.07) is 6.72. The van der Waals surface area contributed by atoms with Gasteiger partial charge in [-0.3, -0.25) is 9.59 Å². The lowest BCUT2D eigenvalue weighted by molar-refractivity contribution is -0.137. The number of carboxylic acids is 1. The first-order valence-electron chi connectivity index (χ1n) is 8.19. The van der Waals surface area contributed by atoms with Gasteiger partial charge in [0.2, 0.25) is 0 Å². The fraction of sp³-hybridized carbons (Fsp3) is 0.471. The predicted molar refractivity (Wildman–Crippen MR) is 90.7 cm³/mol. The van der Waals surface area contributed by atoms with Crippen LogP contribution in [-0.4, -0.2) is 72.6 Å². The maximum Gasteiger partial charge on any atom is 0.317 e. The Morgan fingerprint density at radius 3 is 2.24 bits per heavy atom. The molecular formula is C17H23N3O5. The van der Waals surface area contributed by atoms with E-state index < -0.39 is 5.97 Å². The van der Waals surface area contributed by atoms with E-state index >= 15 is 0 Å². The van der Waals surface area contributed by atoms with Gasteiger partial charge in [-0.1, -0.05) is 0 Å². The number of piperazine rings is 1. The second kappa shape index (κ2) is 8.91. The zero-order chi connectivity index (χ0) is 18.2. The standard InChI is InChI=1S/C17H23N3O5/c1-25-14-6-4-13(5-7-14)16(23)19-9-11-20(12-10-19)17(24)18-8-2-3-15(21)22/h4-7H,2-3,8-12H2,1H3,(H,18,24)(H,21,22). The lowest BCUT2D eigenvalue weighted by Gasteiger charge is -2.34. The Labute approximate surface area is 146 Å². The van der Waals surface area contributed by atoms with Crippen molar-refractivity contribution in [2.75, 3.05) is 39.8 Å². The van der Waals surface area contributed by atoms with Gasteiger partial charge in [0, 0.05) is 44.7 Å². The van der Waals surface area contributed by atoms with E-state index in [4.69, 9.17) is 9.84 Å². The molecule has 8 heteroatoms. The number of methoxy groups -OCH3 is 1. The van der Waals surface area contributed by atoms with Gasteiger partial charge < -0.3 is 25.0 Å². The van der Waals surface area contributed by atoms with Gasteiger partial charge in [0.25, 0.3) is 5.91 Å². The van der Waals surface area contributed by atoms with Crippen LogP contribution in [0.25, 0.3) is 0 Å². The molecular weight excluding hydrogens is 326 g/mol. The summed E-state index contributed by atoms with van der Waals surface area (Å²) in [6.45, 7) is 2.16. The topological polar surface area (TPSA) is 99.2 Å². The molecule has 0 atom stereocenters. The fourth-order valence-corrected chi connectivity index (χ4v) is 2.58. The van der Waals surface area contributed by atoms with E-state index in [1.165, 1.54) is 0 Å². The Morgan fingerprint density at radius 1 is 1.08 bits per heavy atom. The molecule has 2 N–H and O–H groups in total. The molecule has 0 radical (unpaired) electrons. The zero-order valence-corrected chi connectivity index (χ0v) is 14.2. The van der Waals surface area contributed by atoms with E-state index in [0.717, 1.165) is 0 Å². The van der Waals surface area contributed by atoms with E-state index in [1.54, 1.807) is 41.2 Å². The van der Waals surface area contributed by atoms with Gasteiger partial charge in [-0.25, -0.2) is 4.79 Å². The number of hydrogen-bond donors (Lipinski definition) is 2. The van der Waals surface area contributed by atoms with Crippen molar-refractivity contribution in [3.05, 3.63) is 29.8 Å². The third-order valence-corrected chi connectivity index (χ3v) is 4.03. The van der Waals surface area contributed by atoms with Crippen LogP contribution in [0.4, 0.5) is 4.79 Å². The minimum absolute atomic E-state index is 0.0322. The molecule has 1 aromatic rings. The zero-order valence-electron chi connectivity index (χ0n) is 14.2. The molecule has 2 rings (SSSR count). The van der Waals surface area contributed by atoms with Crippen molar-refractivity contribution in [3.8, 4) is 5.75 Å². The Hall–Kier alpha value is -2.77. The smallest absolute Gasteiger partial charge is 0.317 e. The van der Waals surface area contributed by atoms with Gasteiger partial charge in [-0.05, 0) is 30.7 Å². The van der Waals surface area contributed by atoms with Crippen molar-refractivity contribution in [2.24, 2.45) is 0 Å². The van der Waals surface area contributed by atoms with Gasteiger partial charge in [-0.2, -0.15) is 0 Å². The molecule has 136 valence electrons. The highest BCUT2D eigenvalue weighted by Gasteiger charge is 2.24. The van der Waals surface area contributed by atoms with Gasteiger partial charge in [-0.15, -0.1) is 0 Å². The summed E-state index contributed by atoms with van der Waals surface area (Å²) in [5.74, 6) is -0.245. The largest absolute Gasteiger partial charge is 0.497 e. The van der Waals surface area contributed by atoms with E-state index in [0.29, 0.717) is 50.5 Å². The number of urea groups is 1. The molecule has 1 aliphatic heterocycles. The third-order valence-electron chi connectivity index (χ3n) is 4.03. The van der Waals surface area contributed by atoms with E-state index in [9.17, 15) is 14.4 Å². The molecule has 25 heavy (non-hydrogen) atoms. The monoisotopic (exact) mass is 349 g/mol. The first-order chi connectivity index (χ1) is 12.0. The molecule has 1 aromatic carbocycles. The maximum absolute atomic E-state index is 12.5. The van der Waals surface area contributed by atoms with Crippen LogP contribution >= 0.6 is 0 Å². The summed E-state index contributed by atoms with van der Waals surface area (Å²) >= 11 is 0. The summed E-state index contributed by atoms with van der Waals surface area (Å²) in [6.07, 6.45) is 0.432. The van der Waals surface area contributed by atoms with Gasteiger partial charge in [0.15, 0.2) is 0 Å². The number of carbonyl (C=O) groups is 3. The number of nitrogens with one attached hydrogen (secondary N) is 1. The van der Waals surface area contributed by atoms with Crippen LogP contribution in [-0.2, 0) is 4.79 Å². The van der Waals surface area contributed by atoms with Crippen LogP contribution in [0.5, 0.6) is 5.75 Å². The van der Waals surface area contributed by atoms with Crippen molar-refractivity contribution < 1.29 is 24.2 Å². The van der Waals surface area contributed by atoms with Crippen molar-refractivity contribution in [3.63, 3.8) is 0 Å². The first-order valence-corrected chi connectivity index (χ1v) is 8.19. The number of nitrogens with zero attached hydrogens (tertiary/aromatic N) is 2. The lowest BCUT2D eigenvalue weighted by atomic mass is 10.1. The van der Waals surface area contributed by atoms with Crippen LogP contribution in [0.15, 0.2) is 24.3 Å². The molecule has 8 nitrogen and oxygen atoms in total. The molecule has 0 saturated carbocycles. The number of rotatable bonds is 6. The van der Waals surface area contributed by atoms with Gasteiger partial charge in [0.05, 0.1) is 7.11 Å². The average Bonchev–Trinajstić information content (AvgIpc) is 2.64. The van der Waals surface area contributed by atoms with Crippen LogP contribution < -0.4 is 10.1 Å². The first kappa shape index (κ1) is 18.6. The minimum atomic E-state index is -0.875. The second-order valence-corrected chi connectivity index (χ2v) is 5.74. The minimum Gasteiger partial charge on any atom is -0.497 e. The van der Waals surface area contributed by atoms with E-state index in [-0.39, 0.29) is 18.4 Å². The highest BCUT2D eigenvalue weighted by atomic mass is 16.5. The van der Waals surface area contributed by atoms with Crippen molar-refractivity contribution >= 4 is 17.9 Å². The molecule has 0 bridgehead atoms. The Balaban J connectivity index is 1.77. The molecule has 1 fully saturated rings. The molecule has 1 aliphatic rings. The summed E-state index contributed by atoms with van der Waals surface area (Å²) in [7, 11) is 1.57. The number of hydrogen-bond acceptors (Lipinski definition) is 4. The molecule has 0 aliphatic carbocycles. The SMILES string of the molecule is COc1ccc(C(=O)N2CCN(C(=O)NCCCC(=O)O)CC2)cc1. The molecule has 0 aromatic heterocycles. The predicted octanol–water partition coefficient (Wildman–Crippen LogP) is 1.03. The summed E-state index contributed by atoms with van der Waals surface area (Å²) in [4.78, 5) is 38.3. The molecule has 1 heterocycles. The van der Waals surface area contributed by atoms with Crippen molar-refractivity contribution in [2.45, 2.75) is 12.8 Å². The number of carboxylic acid groups (broad SMARTS) is 1. The lowest BCUT2D eigenvalue weighted by Crippen LogP contribution is -2.53. The van der Waals surface area contributed by atoms with Crippen molar-refractivity contribution in [1.29, 1.82) is 0 Å². The Bertz CT molecular complexity index is 609. The normalized spacial score (nSPS) is 14.1. The average molecular weight is 349 g/mol. The highest BCUT2D eigenvalue weighted by Crippen LogP contribution is 2.14. The number of carbonyl (C=O) groups excluding carboxylic acids is 2. The molecule has 0 unspecified atom stereocenters. The molecule has 3 amide bonds. The van der Waals surface area contributed by atoms with Crippen LogP contribution in [0.3, 0.4) is 0 Å². The molecule has 0 spiro atoms. The van der Waals surface area contributed by atoms with Crippen LogP contribution in [0, 0.1) is 0 Å². The van der Waals surface area contributed by atoms with E-state index in [2.05, 4.69) is 5.32 Å². The number of ether oxygens (including phenoxy) is 1. The quantitative estimate of drug-likeness (QED) is 0.747. The van der Waals surface area contributed by atoms with Crippen LogP contribution in [0.2, 0.25) is 0 Å². The highest BCUT2D eigenvalue weighted by molar-refractivity contribution is 5.94. The second-order valence-electron chi connectivity index (χ2n) is 5.74. The Morgan fingerprint density at radius 2 is 1.68 bits per heavy atom. The number of aliphatic carboxylic acids is 1. The van der Waals surface area contributed by atoms with Gasteiger partial charge in [0.1, 0.15) is 5.75 Å². The number of amides is 3. The summed E-state index contributed by atoms with van der Waals surface area (Å²) in [5, 5.41) is 11.3. The summed E-state index contributed by atoms with van der Waals surface area (Å²) < 4.78 is 5.08. The molecule has 1 saturated heterocycles. The Kier molecular flexibility index (Phi) is 6.62. The van der Waals surface area contributed by atoms with Crippen LogP contribution in [0.1, 0.15) is 23.2 Å². The van der Waals surface area contributed by atoms with E-state index in [1.807, 2.05) is 0 Å². The summed E-state index contributed by atoms with van der Waals surface area (Å²) in [5.41, 5.74) is 0.590. The maximum atomic E-state index is 12.5. The van der Waals surface area contributed by atoms with Gasteiger partial charge >= 0.3 is 12.0 Å².